The first-order valence-electron chi connectivity index (χ1n) is 6.36. The minimum atomic E-state index is -0.172. The van der Waals surface area contributed by atoms with Gasteiger partial charge >= 0.3 is 0 Å². The number of thioether (sulfide) groups is 1. The Morgan fingerprint density at radius 3 is 3.06 bits per heavy atom. The van der Waals surface area contributed by atoms with Gasteiger partial charge in [0.25, 0.3) is 0 Å². The van der Waals surface area contributed by atoms with E-state index in [0.717, 1.165) is 29.8 Å². The first-order chi connectivity index (χ1) is 8.58. The molecule has 1 aromatic carbocycles. The summed E-state index contributed by atoms with van der Waals surface area (Å²) >= 11 is 1.96. The smallest absolute Gasteiger partial charge is 0.123 e. The molecule has 2 N–H and O–H groups in total. The number of rotatable bonds is 3. The molecule has 0 saturated carbocycles. The zero-order chi connectivity index (χ0) is 13.1. The molecule has 2 nitrogen and oxygen atoms in total. The molecule has 18 heavy (non-hydrogen) atoms. The van der Waals surface area contributed by atoms with Gasteiger partial charge < -0.3 is 10.6 Å². The van der Waals surface area contributed by atoms with Crippen LogP contribution in [0.15, 0.2) is 18.2 Å². The summed E-state index contributed by atoms with van der Waals surface area (Å²) in [6, 6.07) is 5.42. The van der Waals surface area contributed by atoms with Crippen LogP contribution >= 0.6 is 11.8 Å². The number of nitrogens with two attached hydrogens (primary N) is 1. The van der Waals surface area contributed by atoms with Crippen LogP contribution in [-0.4, -0.2) is 42.1 Å². The molecule has 2 atom stereocenters. The van der Waals surface area contributed by atoms with Crippen molar-refractivity contribution in [3.63, 3.8) is 0 Å². The van der Waals surface area contributed by atoms with Crippen LogP contribution in [0.2, 0.25) is 0 Å². The van der Waals surface area contributed by atoms with E-state index in [9.17, 15) is 4.39 Å². The van der Waals surface area contributed by atoms with Gasteiger partial charge in [0.05, 0.1) is 0 Å². The molecular weight excluding hydrogens is 247 g/mol. The van der Waals surface area contributed by atoms with Crippen LogP contribution in [0.25, 0.3) is 0 Å². The zero-order valence-corrected chi connectivity index (χ0v) is 11.8. The van der Waals surface area contributed by atoms with Crippen molar-refractivity contribution in [2.45, 2.75) is 25.4 Å². The van der Waals surface area contributed by atoms with Gasteiger partial charge in [0.1, 0.15) is 5.82 Å². The highest BCUT2D eigenvalue weighted by atomic mass is 32.2. The molecule has 1 aromatic rings. The third kappa shape index (κ3) is 3.25. The zero-order valence-electron chi connectivity index (χ0n) is 11.0. The van der Waals surface area contributed by atoms with E-state index in [1.807, 2.05) is 24.8 Å². The molecule has 4 heteroatoms. The monoisotopic (exact) mass is 268 g/mol. The van der Waals surface area contributed by atoms with Gasteiger partial charge in [-0.3, -0.25) is 0 Å². The minimum Gasteiger partial charge on any atom is -0.326 e. The summed E-state index contributed by atoms with van der Waals surface area (Å²) in [7, 11) is 2.13. The molecule has 1 fully saturated rings. The Hall–Kier alpha value is -0.580. The number of halogens is 1. The van der Waals surface area contributed by atoms with Gasteiger partial charge in [-0.2, -0.15) is 11.8 Å². The lowest BCUT2D eigenvalue weighted by Crippen LogP contribution is -2.51. The van der Waals surface area contributed by atoms with E-state index in [1.54, 1.807) is 6.07 Å². The fourth-order valence-electron chi connectivity index (χ4n) is 2.41. The van der Waals surface area contributed by atoms with Crippen molar-refractivity contribution in [1.29, 1.82) is 0 Å². The maximum Gasteiger partial charge on any atom is 0.123 e. The molecule has 100 valence electrons. The fraction of sp³-hybridized carbons (Fsp3) is 0.571. The van der Waals surface area contributed by atoms with Crippen molar-refractivity contribution in [3.8, 4) is 0 Å². The first kappa shape index (κ1) is 13.8. The lowest BCUT2D eigenvalue weighted by atomic mass is 9.97. The van der Waals surface area contributed by atoms with Gasteiger partial charge in [0.15, 0.2) is 0 Å². The van der Waals surface area contributed by atoms with E-state index in [2.05, 4.69) is 11.9 Å². The van der Waals surface area contributed by atoms with E-state index >= 15 is 0 Å². The average molecular weight is 268 g/mol. The summed E-state index contributed by atoms with van der Waals surface area (Å²) in [6.07, 6.45) is 0.749. The van der Waals surface area contributed by atoms with Crippen molar-refractivity contribution in [2.24, 2.45) is 5.73 Å². The van der Waals surface area contributed by atoms with Crippen molar-refractivity contribution in [2.75, 3.05) is 25.1 Å². The second-order valence-electron chi connectivity index (χ2n) is 5.06. The minimum absolute atomic E-state index is 0.0725. The van der Waals surface area contributed by atoms with E-state index < -0.39 is 0 Å². The SMILES string of the molecule is Cc1ccc(F)cc1CC(N)C1CSCCN1C. The predicted octanol–water partition coefficient (Wildman–Crippen LogP) is 2.05. The van der Waals surface area contributed by atoms with E-state index in [-0.39, 0.29) is 11.9 Å². The number of aryl methyl sites for hydroxylation is 1. The van der Waals surface area contributed by atoms with Crippen LogP contribution in [0.4, 0.5) is 4.39 Å². The second-order valence-corrected chi connectivity index (χ2v) is 6.21. The van der Waals surface area contributed by atoms with Crippen LogP contribution in [0, 0.1) is 12.7 Å². The quantitative estimate of drug-likeness (QED) is 0.910. The summed E-state index contributed by atoms with van der Waals surface area (Å²) in [6.45, 7) is 3.10. The van der Waals surface area contributed by atoms with Crippen LogP contribution in [-0.2, 0) is 6.42 Å². The molecule has 0 aliphatic carbocycles. The summed E-state index contributed by atoms with van der Waals surface area (Å²) in [5.41, 5.74) is 8.47. The summed E-state index contributed by atoms with van der Waals surface area (Å²) in [5, 5.41) is 0. The number of hydrogen-bond acceptors (Lipinski definition) is 3. The molecule has 0 amide bonds. The van der Waals surface area contributed by atoms with Gasteiger partial charge in [0, 0.05) is 30.1 Å². The van der Waals surface area contributed by atoms with Gasteiger partial charge in [-0.05, 0) is 43.7 Å². The third-order valence-corrected chi connectivity index (χ3v) is 4.75. The molecule has 1 aliphatic heterocycles. The molecule has 0 aromatic heterocycles. The molecule has 0 spiro atoms. The highest BCUT2D eigenvalue weighted by molar-refractivity contribution is 7.99. The molecule has 2 rings (SSSR count). The topological polar surface area (TPSA) is 29.3 Å². The number of likely N-dealkylation sites (N-methyl/N-ethyl adjacent to an activating group) is 1. The molecule has 0 bridgehead atoms. The Balaban J connectivity index is 2.05. The fourth-order valence-corrected chi connectivity index (χ4v) is 3.73. The van der Waals surface area contributed by atoms with Gasteiger partial charge in [-0.1, -0.05) is 6.07 Å². The van der Waals surface area contributed by atoms with Crippen LogP contribution in [0.1, 0.15) is 11.1 Å². The first-order valence-corrected chi connectivity index (χ1v) is 7.52. The maximum absolute atomic E-state index is 13.3. The molecule has 1 heterocycles. The average Bonchev–Trinajstić information content (AvgIpc) is 2.34. The van der Waals surface area contributed by atoms with E-state index in [1.165, 1.54) is 11.8 Å². The summed E-state index contributed by atoms with van der Waals surface area (Å²) in [4.78, 5) is 2.33. The summed E-state index contributed by atoms with van der Waals surface area (Å²) in [5.74, 6) is 2.08. The third-order valence-electron chi connectivity index (χ3n) is 3.70. The van der Waals surface area contributed by atoms with Gasteiger partial charge in [0.2, 0.25) is 0 Å². The predicted molar refractivity (Wildman–Crippen MR) is 76.6 cm³/mol. The van der Waals surface area contributed by atoms with Crippen molar-refractivity contribution in [1.82, 2.24) is 4.90 Å². The largest absolute Gasteiger partial charge is 0.326 e. The second kappa shape index (κ2) is 6.04. The Morgan fingerprint density at radius 2 is 2.33 bits per heavy atom. The van der Waals surface area contributed by atoms with Crippen LogP contribution in [0.3, 0.4) is 0 Å². The summed E-state index contributed by atoms with van der Waals surface area (Å²) < 4.78 is 13.3. The Bertz CT molecular complexity index is 411. The Kier molecular flexibility index (Phi) is 4.65. The van der Waals surface area contributed by atoms with E-state index in [0.29, 0.717) is 6.04 Å². The standard InChI is InChI=1S/C14H21FN2S/c1-10-3-4-12(15)7-11(10)8-13(16)14-9-18-6-5-17(14)2/h3-4,7,13-14H,5-6,8-9,16H2,1-2H3. The van der Waals surface area contributed by atoms with Crippen LogP contribution in [0.5, 0.6) is 0 Å². The molecule has 1 aliphatic rings. The molecule has 0 radical (unpaired) electrons. The molecule has 2 unspecified atom stereocenters. The lowest BCUT2D eigenvalue weighted by Gasteiger charge is -2.36. The van der Waals surface area contributed by atoms with E-state index in [4.69, 9.17) is 5.73 Å². The molecule has 1 saturated heterocycles. The maximum atomic E-state index is 13.3. The van der Waals surface area contributed by atoms with Crippen molar-refractivity contribution in [3.05, 3.63) is 35.1 Å². The van der Waals surface area contributed by atoms with Crippen molar-refractivity contribution >= 4 is 11.8 Å². The number of benzene rings is 1. The highest BCUT2D eigenvalue weighted by Crippen LogP contribution is 2.20. The highest BCUT2D eigenvalue weighted by Gasteiger charge is 2.25. The number of hydrogen-bond donors (Lipinski definition) is 1. The van der Waals surface area contributed by atoms with Crippen molar-refractivity contribution < 1.29 is 4.39 Å². The molecular formula is C14H21FN2S. The normalized spacial score (nSPS) is 23.0. The Morgan fingerprint density at radius 1 is 1.56 bits per heavy atom. The Labute approximate surface area is 113 Å². The van der Waals surface area contributed by atoms with Crippen LogP contribution < -0.4 is 5.73 Å². The lowest BCUT2D eigenvalue weighted by molar-refractivity contribution is 0.235. The van der Waals surface area contributed by atoms with Gasteiger partial charge in [-0.15, -0.1) is 0 Å². The van der Waals surface area contributed by atoms with Gasteiger partial charge in [-0.25, -0.2) is 4.39 Å². The number of nitrogens with zero attached hydrogens (tertiary/aromatic N) is 1.